The van der Waals surface area contributed by atoms with Crippen molar-refractivity contribution in [3.8, 4) is 5.75 Å². The number of carbonyl (C=O) groups excluding carboxylic acids is 1. The van der Waals surface area contributed by atoms with Gasteiger partial charge in [0.05, 0.1) is 13.5 Å². The van der Waals surface area contributed by atoms with Gasteiger partial charge in [0.1, 0.15) is 11.3 Å². The van der Waals surface area contributed by atoms with Crippen LogP contribution in [-0.2, 0) is 17.8 Å². The molecule has 0 saturated heterocycles. The largest absolute Gasteiger partial charge is 0.497 e. The van der Waals surface area contributed by atoms with Crippen molar-refractivity contribution < 1.29 is 13.9 Å². The summed E-state index contributed by atoms with van der Waals surface area (Å²) in [5.74, 6) is 0.599. The Hall–Kier alpha value is -2.79. The monoisotopic (exact) mass is 385 g/mol. The van der Waals surface area contributed by atoms with Crippen LogP contribution in [0.2, 0.25) is 5.02 Å². The van der Waals surface area contributed by atoms with Gasteiger partial charge in [-0.3, -0.25) is 4.79 Å². The van der Waals surface area contributed by atoms with Gasteiger partial charge in [-0.2, -0.15) is 0 Å². The zero-order valence-electron chi connectivity index (χ0n) is 15.4. The highest BCUT2D eigenvalue weighted by molar-refractivity contribution is 6.33. The lowest BCUT2D eigenvalue weighted by Gasteiger charge is -2.12. The SMILES string of the molecule is COc1ccc(CC(=O)NCc2cc(=O)oc3cc(C)c(Cl)c(C)c23)cc1. The summed E-state index contributed by atoms with van der Waals surface area (Å²) >= 11 is 6.35. The summed E-state index contributed by atoms with van der Waals surface area (Å²) in [6.45, 7) is 3.95. The van der Waals surface area contributed by atoms with E-state index < -0.39 is 5.63 Å². The lowest BCUT2D eigenvalue weighted by atomic mass is 10.0. The quantitative estimate of drug-likeness (QED) is 0.675. The molecule has 0 aliphatic rings. The Kier molecular flexibility index (Phi) is 5.51. The number of nitrogens with one attached hydrogen (secondary N) is 1. The maximum absolute atomic E-state index is 12.3. The molecule has 1 heterocycles. The fraction of sp³-hybridized carbons (Fsp3) is 0.238. The summed E-state index contributed by atoms with van der Waals surface area (Å²) in [4.78, 5) is 24.2. The molecular formula is C21H20ClNO4. The molecule has 2 aromatic carbocycles. The molecule has 0 atom stereocenters. The van der Waals surface area contributed by atoms with E-state index >= 15 is 0 Å². The molecule has 0 radical (unpaired) electrons. The molecule has 3 rings (SSSR count). The highest BCUT2D eigenvalue weighted by Crippen LogP contribution is 2.30. The zero-order valence-corrected chi connectivity index (χ0v) is 16.1. The number of benzene rings is 2. The van der Waals surface area contributed by atoms with E-state index in [9.17, 15) is 9.59 Å². The van der Waals surface area contributed by atoms with Gasteiger partial charge in [0, 0.05) is 23.0 Å². The minimum absolute atomic E-state index is 0.141. The van der Waals surface area contributed by atoms with Crippen molar-refractivity contribution in [2.75, 3.05) is 7.11 Å². The second-order valence-corrected chi connectivity index (χ2v) is 6.78. The van der Waals surface area contributed by atoms with Crippen LogP contribution in [0.4, 0.5) is 0 Å². The van der Waals surface area contributed by atoms with E-state index in [1.54, 1.807) is 13.2 Å². The Morgan fingerprint density at radius 3 is 2.56 bits per heavy atom. The highest BCUT2D eigenvalue weighted by Gasteiger charge is 2.14. The van der Waals surface area contributed by atoms with E-state index in [1.165, 1.54) is 6.07 Å². The summed E-state index contributed by atoms with van der Waals surface area (Å²) in [6, 6.07) is 10.5. The van der Waals surface area contributed by atoms with Crippen LogP contribution < -0.4 is 15.7 Å². The molecule has 0 bridgehead atoms. The molecule has 0 fully saturated rings. The molecule has 5 nitrogen and oxygen atoms in total. The normalized spacial score (nSPS) is 10.8. The molecule has 1 aromatic heterocycles. The smallest absolute Gasteiger partial charge is 0.336 e. The van der Waals surface area contributed by atoms with E-state index in [1.807, 2.05) is 38.1 Å². The molecule has 0 aliphatic heterocycles. The van der Waals surface area contributed by atoms with Crippen molar-refractivity contribution in [3.63, 3.8) is 0 Å². The van der Waals surface area contributed by atoms with Crippen molar-refractivity contribution in [1.29, 1.82) is 0 Å². The Morgan fingerprint density at radius 2 is 1.89 bits per heavy atom. The number of carbonyl (C=O) groups is 1. The summed E-state index contributed by atoms with van der Waals surface area (Å²) in [7, 11) is 1.60. The Balaban J connectivity index is 1.80. The van der Waals surface area contributed by atoms with Crippen molar-refractivity contribution >= 4 is 28.5 Å². The standard InChI is InChI=1S/C21H20ClNO4/c1-12-8-17-20(13(2)21(12)22)15(10-19(25)27-17)11-23-18(24)9-14-4-6-16(26-3)7-5-14/h4-8,10H,9,11H2,1-3H3,(H,23,24). The first-order valence-electron chi connectivity index (χ1n) is 8.51. The lowest BCUT2D eigenvalue weighted by Crippen LogP contribution is -2.25. The second-order valence-electron chi connectivity index (χ2n) is 6.40. The molecule has 1 amide bonds. The lowest BCUT2D eigenvalue weighted by molar-refractivity contribution is -0.120. The first-order valence-corrected chi connectivity index (χ1v) is 8.89. The van der Waals surface area contributed by atoms with Gasteiger partial charge < -0.3 is 14.5 Å². The van der Waals surface area contributed by atoms with Gasteiger partial charge in [-0.1, -0.05) is 23.7 Å². The third-order valence-electron chi connectivity index (χ3n) is 4.47. The molecule has 27 heavy (non-hydrogen) atoms. The van der Waals surface area contributed by atoms with Crippen LogP contribution in [0.1, 0.15) is 22.3 Å². The maximum Gasteiger partial charge on any atom is 0.336 e. The van der Waals surface area contributed by atoms with Crippen LogP contribution in [-0.4, -0.2) is 13.0 Å². The third kappa shape index (κ3) is 4.14. The fourth-order valence-electron chi connectivity index (χ4n) is 3.08. The summed E-state index contributed by atoms with van der Waals surface area (Å²) in [5.41, 5.74) is 3.24. The van der Waals surface area contributed by atoms with Gasteiger partial charge in [-0.25, -0.2) is 4.79 Å². The first-order chi connectivity index (χ1) is 12.9. The van der Waals surface area contributed by atoms with Crippen molar-refractivity contribution in [1.82, 2.24) is 5.32 Å². The predicted molar refractivity (Wildman–Crippen MR) is 106 cm³/mol. The second kappa shape index (κ2) is 7.84. The minimum atomic E-state index is -0.456. The summed E-state index contributed by atoms with van der Waals surface area (Å²) < 4.78 is 10.4. The number of fused-ring (bicyclic) bond motifs is 1. The van der Waals surface area contributed by atoms with E-state index in [-0.39, 0.29) is 18.9 Å². The van der Waals surface area contributed by atoms with Gasteiger partial charge >= 0.3 is 5.63 Å². The summed E-state index contributed by atoms with van der Waals surface area (Å²) in [5, 5.41) is 4.25. The fourth-order valence-corrected chi connectivity index (χ4v) is 3.23. The van der Waals surface area contributed by atoms with E-state index in [0.29, 0.717) is 16.2 Å². The average Bonchev–Trinajstić information content (AvgIpc) is 2.64. The van der Waals surface area contributed by atoms with Crippen LogP contribution in [0, 0.1) is 13.8 Å². The van der Waals surface area contributed by atoms with Crippen molar-refractivity contribution in [2.45, 2.75) is 26.8 Å². The van der Waals surface area contributed by atoms with Crippen LogP contribution >= 0.6 is 11.6 Å². The van der Waals surface area contributed by atoms with E-state index in [0.717, 1.165) is 27.8 Å². The number of amides is 1. The zero-order chi connectivity index (χ0) is 19.6. The Bertz CT molecular complexity index is 1050. The first kappa shape index (κ1) is 19.0. The number of hydrogen-bond acceptors (Lipinski definition) is 4. The van der Waals surface area contributed by atoms with Crippen molar-refractivity contribution in [3.05, 3.63) is 74.1 Å². The van der Waals surface area contributed by atoms with Gasteiger partial charge in [0.2, 0.25) is 5.91 Å². The van der Waals surface area contributed by atoms with E-state index in [4.69, 9.17) is 20.8 Å². The molecule has 0 saturated carbocycles. The number of aryl methyl sites for hydroxylation is 2. The molecule has 0 unspecified atom stereocenters. The molecule has 140 valence electrons. The topological polar surface area (TPSA) is 68.5 Å². The van der Waals surface area contributed by atoms with Gasteiger partial charge in [0.15, 0.2) is 0 Å². The Morgan fingerprint density at radius 1 is 1.19 bits per heavy atom. The van der Waals surface area contributed by atoms with Crippen LogP contribution in [0.5, 0.6) is 5.75 Å². The number of hydrogen-bond donors (Lipinski definition) is 1. The molecule has 6 heteroatoms. The molecule has 3 aromatic rings. The van der Waals surface area contributed by atoms with Gasteiger partial charge in [0.25, 0.3) is 0 Å². The predicted octanol–water partition coefficient (Wildman–Crippen LogP) is 3.93. The Labute approximate surface area is 161 Å². The number of rotatable bonds is 5. The minimum Gasteiger partial charge on any atom is -0.497 e. The van der Waals surface area contributed by atoms with Crippen LogP contribution in [0.15, 0.2) is 45.6 Å². The van der Waals surface area contributed by atoms with Crippen LogP contribution in [0.25, 0.3) is 11.0 Å². The third-order valence-corrected chi connectivity index (χ3v) is 5.05. The summed E-state index contributed by atoms with van der Waals surface area (Å²) in [6.07, 6.45) is 0.238. The molecule has 1 N–H and O–H groups in total. The molecule has 0 spiro atoms. The number of halogens is 1. The van der Waals surface area contributed by atoms with Crippen molar-refractivity contribution in [2.24, 2.45) is 0 Å². The van der Waals surface area contributed by atoms with Gasteiger partial charge in [-0.05, 0) is 54.3 Å². The maximum atomic E-state index is 12.3. The highest BCUT2D eigenvalue weighted by atomic mass is 35.5. The van der Waals surface area contributed by atoms with Crippen LogP contribution in [0.3, 0.4) is 0 Å². The number of methoxy groups -OCH3 is 1. The average molecular weight is 386 g/mol. The van der Waals surface area contributed by atoms with E-state index in [2.05, 4.69) is 5.32 Å². The molecular weight excluding hydrogens is 366 g/mol. The number of ether oxygens (including phenoxy) is 1. The molecule has 0 aliphatic carbocycles. The van der Waals surface area contributed by atoms with Gasteiger partial charge in [-0.15, -0.1) is 0 Å².